The standard InChI is InChI=1S/C18H22N6O3/c25-14(5-1-7-20-18-21-8-3-9-22-18)24-11-2-4-12(24)16-15-13(27-23-16)6-10-19-17(15)26/h3,8-9,12H,1-2,4-7,10-11H2,(H,19,26)(H,20,21,22). The van der Waals surface area contributed by atoms with Gasteiger partial charge in [-0.2, -0.15) is 0 Å². The van der Waals surface area contributed by atoms with E-state index in [0.29, 0.717) is 61.9 Å². The normalized spacial score (nSPS) is 18.9. The SMILES string of the molecule is O=C1NCCc2onc(C3CCCN3C(=O)CCCNc3ncccn3)c21. The summed E-state index contributed by atoms with van der Waals surface area (Å²) in [6.45, 7) is 1.86. The Hall–Kier alpha value is -2.97. The maximum absolute atomic E-state index is 12.7. The number of anilines is 1. The third kappa shape index (κ3) is 3.62. The van der Waals surface area contributed by atoms with E-state index in [1.807, 2.05) is 4.90 Å². The van der Waals surface area contributed by atoms with Crippen LogP contribution in [0.2, 0.25) is 0 Å². The van der Waals surface area contributed by atoms with Crippen molar-refractivity contribution in [3.63, 3.8) is 0 Å². The predicted molar refractivity (Wildman–Crippen MR) is 96.0 cm³/mol. The van der Waals surface area contributed by atoms with Gasteiger partial charge in [-0.3, -0.25) is 9.59 Å². The van der Waals surface area contributed by atoms with E-state index in [-0.39, 0.29) is 17.9 Å². The highest BCUT2D eigenvalue weighted by molar-refractivity contribution is 5.97. The first kappa shape index (κ1) is 17.4. The first-order chi connectivity index (χ1) is 13.2. The summed E-state index contributed by atoms with van der Waals surface area (Å²) in [4.78, 5) is 34.9. The molecule has 0 aromatic carbocycles. The van der Waals surface area contributed by atoms with Gasteiger partial charge in [0.15, 0.2) is 5.76 Å². The van der Waals surface area contributed by atoms with Crippen LogP contribution in [0.5, 0.6) is 0 Å². The van der Waals surface area contributed by atoms with E-state index < -0.39 is 0 Å². The molecule has 1 fully saturated rings. The molecule has 4 heterocycles. The molecule has 27 heavy (non-hydrogen) atoms. The molecule has 4 rings (SSSR count). The maximum Gasteiger partial charge on any atom is 0.256 e. The lowest BCUT2D eigenvalue weighted by atomic mass is 10.0. The monoisotopic (exact) mass is 370 g/mol. The Balaban J connectivity index is 1.36. The van der Waals surface area contributed by atoms with Crippen molar-refractivity contribution in [1.29, 1.82) is 0 Å². The number of amides is 2. The number of rotatable bonds is 6. The van der Waals surface area contributed by atoms with E-state index >= 15 is 0 Å². The van der Waals surface area contributed by atoms with Gasteiger partial charge in [0.25, 0.3) is 5.91 Å². The summed E-state index contributed by atoms with van der Waals surface area (Å²) >= 11 is 0. The van der Waals surface area contributed by atoms with Crippen LogP contribution < -0.4 is 10.6 Å². The molecule has 0 aliphatic carbocycles. The minimum absolute atomic E-state index is 0.0706. The lowest BCUT2D eigenvalue weighted by molar-refractivity contribution is -0.132. The van der Waals surface area contributed by atoms with Gasteiger partial charge in [-0.05, 0) is 25.3 Å². The summed E-state index contributed by atoms with van der Waals surface area (Å²) in [7, 11) is 0. The fraction of sp³-hybridized carbons (Fsp3) is 0.500. The Bertz CT molecular complexity index is 822. The fourth-order valence-corrected chi connectivity index (χ4v) is 3.68. The number of fused-ring (bicyclic) bond motifs is 1. The van der Waals surface area contributed by atoms with E-state index in [9.17, 15) is 9.59 Å². The van der Waals surface area contributed by atoms with Crippen LogP contribution in [0.1, 0.15) is 53.5 Å². The largest absolute Gasteiger partial charge is 0.360 e. The fourth-order valence-electron chi connectivity index (χ4n) is 3.68. The van der Waals surface area contributed by atoms with Crippen molar-refractivity contribution in [3.05, 3.63) is 35.5 Å². The number of hydrogen-bond donors (Lipinski definition) is 2. The number of aromatic nitrogens is 3. The van der Waals surface area contributed by atoms with Gasteiger partial charge in [0, 0.05) is 44.9 Å². The van der Waals surface area contributed by atoms with E-state index in [2.05, 4.69) is 25.8 Å². The van der Waals surface area contributed by atoms with E-state index in [0.717, 1.165) is 12.8 Å². The van der Waals surface area contributed by atoms with Crippen LogP contribution in [0.15, 0.2) is 23.0 Å². The zero-order chi connectivity index (χ0) is 18.6. The van der Waals surface area contributed by atoms with Gasteiger partial charge in [-0.15, -0.1) is 0 Å². The minimum atomic E-state index is -0.181. The summed E-state index contributed by atoms with van der Waals surface area (Å²) in [5.74, 6) is 1.10. The molecule has 9 heteroatoms. The number of nitrogens with zero attached hydrogens (tertiary/aromatic N) is 4. The van der Waals surface area contributed by atoms with Crippen molar-refractivity contribution in [2.45, 2.75) is 38.1 Å². The van der Waals surface area contributed by atoms with Crippen molar-refractivity contribution in [1.82, 2.24) is 25.3 Å². The van der Waals surface area contributed by atoms with Crippen LogP contribution in [-0.2, 0) is 11.2 Å². The number of nitrogens with one attached hydrogen (secondary N) is 2. The second-order valence-corrected chi connectivity index (χ2v) is 6.72. The van der Waals surface area contributed by atoms with Crippen molar-refractivity contribution in [2.75, 3.05) is 25.0 Å². The van der Waals surface area contributed by atoms with Crippen molar-refractivity contribution < 1.29 is 14.1 Å². The summed E-state index contributed by atoms with van der Waals surface area (Å²) in [5, 5.41) is 10.1. The van der Waals surface area contributed by atoms with Gasteiger partial charge in [0.1, 0.15) is 11.3 Å². The van der Waals surface area contributed by atoms with Gasteiger partial charge in [0.2, 0.25) is 11.9 Å². The Morgan fingerprint density at radius 2 is 2.22 bits per heavy atom. The highest BCUT2D eigenvalue weighted by Crippen LogP contribution is 2.35. The molecule has 1 atom stereocenters. The molecule has 2 aromatic heterocycles. The van der Waals surface area contributed by atoms with Gasteiger partial charge >= 0.3 is 0 Å². The smallest absolute Gasteiger partial charge is 0.256 e. The average Bonchev–Trinajstić information content (AvgIpc) is 3.33. The number of hydrogen-bond acceptors (Lipinski definition) is 7. The summed E-state index contributed by atoms with van der Waals surface area (Å²) in [5.41, 5.74) is 1.12. The maximum atomic E-state index is 12.7. The van der Waals surface area contributed by atoms with Crippen LogP contribution >= 0.6 is 0 Å². The van der Waals surface area contributed by atoms with Crippen molar-refractivity contribution >= 4 is 17.8 Å². The lowest BCUT2D eigenvalue weighted by Crippen LogP contribution is -2.35. The third-order valence-electron chi connectivity index (χ3n) is 4.96. The second kappa shape index (κ2) is 7.73. The molecular formula is C18H22N6O3. The third-order valence-corrected chi connectivity index (χ3v) is 4.96. The molecular weight excluding hydrogens is 348 g/mol. The summed E-state index contributed by atoms with van der Waals surface area (Å²) in [6, 6.07) is 1.57. The zero-order valence-electron chi connectivity index (χ0n) is 15.0. The second-order valence-electron chi connectivity index (χ2n) is 6.72. The predicted octanol–water partition coefficient (Wildman–Crippen LogP) is 1.31. The van der Waals surface area contributed by atoms with Crippen molar-refractivity contribution in [2.24, 2.45) is 0 Å². The Morgan fingerprint density at radius 1 is 1.37 bits per heavy atom. The van der Waals surface area contributed by atoms with Crippen LogP contribution in [0.3, 0.4) is 0 Å². The average molecular weight is 370 g/mol. The molecule has 0 bridgehead atoms. The molecule has 1 saturated heterocycles. The van der Waals surface area contributed by atoms with E-state index in [1.54, 1.807) is 18.5 Å². The lowest BCUT2D eigenvalue weighted by Gasteiger charge is -2.24. The van der Waals surface area contributed by atoms with Gasteiger partial charge < -0.3 is 20.1 Å². The highest BCUT2D eigenvalue weighted by atomic mass is 16.5. The van der Waals surface area contributed by atoms with Gasteiger partial charge in [-0.1, -0.05) is 5.16 Å². The quantitative estimate of drug-likeness (QED) is 0.737. The molecule has 2 aromatic rings. The van der Waals surface area contributed by atoms with Gasteiger partial charge in [0.05, 0.1) is 6.04 Å². The molecule has 2 amide bonds. The van der Waals surface area contributed by atoms with Gasteiger partial charge in [-0.25, -0.2) is 9.97 Å². The number of likely N-dealkylation sites (tertiary alicyclic amines) is 1. The van der Waals surface area contributed by atoms with Crippen LogP contribution in [-0.4, -0.2) is 51.5 Å². The summed E-state index contributed by atoms with van der Waals surface area (Å²) in [6.07, 6.45) is 6.78. The molecule has 2 N–H and O–H groups in total. The minimum Gasteiger partial charge on any atom is -0.360 e. The molecule has 2 aliphatic heterocycles. The molecule has 2 aliphatic rings. The molecule has 0 spiro atoms. The van der Waals surface area contributed by atoms with Crippen LogP contribution in [0, 0.1) is 0 Å². The highest BCUT2D eigenvalue weighted by Gasteiger charge is 2.37. The van der Waals surface area contributed by atoms with Crippen LogP contribution in [0.25, 0.3) is 0 Å². The van der Waals surface area contributed by atoms with Crippen molar-refractivity contribution in [3.8, 4) is 0 Å². The first-order valence-corrected chi connectivity index (χ1v) is 9.31. The first-order valence-electron chi connectivity index (χ1n) is 9.31. The zero-order valence-corrected chi connectivity index (χ0v) is 15.0. The van der Waals surface area contributed by atoms with Crippen LogP contribution in [0.4, 0.5) is 5.95 Å². The molecule has 0 saturated carbocycles. The molecule has 9 nitrogen and oxygen atoms in total. The Kier molecular flexibility index (Phi) is 4.99. The Morgan fingerprint density at radius 3 is 3.07 bits per heavy atom. The molecule has 1 unspecified atom stereocenters. The molecule has 0 radical (unpaired) electrons. The number of carbonyl (C=O) groups excluding carboxylic acids is 2. The molecule has 142 valence electrons. The Labute approximate surface area is 156 Å². The van der Waals surface area contributed by atoms with E-state index in [4.69, 9.17) is 4.52 Å². The number of carbonyl (C=O) groups is 2. The summed E-state index contributed by atoms with van der Waals surface area (Å²) < 4.78 is 5.37. The topological polar surface area (TPSA) is 113 Å². The van der Waals surface area contributed by atoms with E-state index in [1.165, 1.54) is 0 Å².